The van der Waals surface area contributed by atoms with Crippen LogP contribution in [0.2, 0.25) is 0 Å². The number of anilines is 2. The van der Waals surface area contributed by atoms with Crippen molar-refractivity contribution >= 4 is 17.6 Å². The van der Waals surface area contributed by atoms with Crippen LogP contribution in [0, 0.1) is 0 Å². The molecule has 0 spiro atoms. The molecule has 0 bridgehead atoms. The smallest absolute Gasteiger partial charge is 0.307 e. The normalized spacial score (nSPS) is 9.94. The molecule has 0 radical (unpaired) electrons. The van der Waals surface area contributed by atoms with Gasteiger partial charge in [0.05, 0.1) is 13.5 Å². The van der Waals surface area contributed by atoms with Gasteiger partial charge in [-0.1, -0.05) is 6.92 Å². The standard InChI is InChI=1S/C11H19N5O2/c1-3-4-8-14-9(7-10(15-8)16-12)13-6-5-11(17)18-2/h7H,3-6,12H2,1-2H3,(H2,13,14,15,16). The monoisotopic (exact) mass is 253 g/mol. The van der Waals surface area contributed by atoms with Crippen molar-refractivity contribution in [2.45, 2.75) is 26.2 Å². The van der Waals surface area contributed by atoms with Crippen molar-refractivity contribution in [3.8, 4) is 0 Å². The minimum atomic E-state index is -0.262. The predicted molar refractivity (Wildman–Crippen MR) is 69.0 cm³/mol. The number of nitrogens with two attached hydrogens (primary N) is 1. The van der Waals surface area contributed by atoms with Gasteiger partial charge in [-0.15, -0.1) is 0 Å². The first-order valence-corrected chi connectivity index (χ1v) is 5.84. The first-order chi connectivity index (χ1) is 8.69. The highest BCUT2D eigenvalue weighted by atomic mass is 16.5. The van der Waals surface area contributed by atoms with Crippen LogP contribution in [-0.4, -0.2) is 29.6 Å². The molecular formula is C11H19N5O2. The van der Waals surface area contributed by atoms with Gasteiger partial charge in [0.15, 0.2) is 0 Å². The van der Waals surface area contributed by atoms with Crippen LogP contribution >= 0.6 is 0 Å². The van der Waals surface area contributed by atoms with E-state index in [9.17, 15) is 4.79 Å². The van der Waals surface area contributed by atoms with Gasteiger partial charge in [0.1, 0.15) is 17.5 Å². The number of nitrogens with zero attached hydrogens (tertiary/aromatic N) is 2. The molecular weight excluding hydrogens is 234 g/mol. The third kappa shape index (κ3) is 4.54. The molecule has 18 heavy (non-hydrogen) atoms. The topological polar surface area (TPSA) is 102 Å². The molecule has 1 aromatic rings. The third-order valence-corrected chi connectivity index (χ3v) is 2.26. The molecule has 0 saturated heterocycles. The lowest BCUT2D eigenvalue weighted by Crippen LogP contribution is -2.14. The Morgan fingerprint density at radius 2 is 2.17 bits per heavy atom. The van der Waals surface area contributed by atoms with E-state index in [0.717, 1.165) is 12.8 Å². The van der Waals surface area contributed by atoms with Gasteiger partial charge < -0.3 is 15.5 Å². The number of nitrogens with one attached hydrogen (secondary N) is 2. The molecule has 0 amide bonds. The summed E-state index contributed by atoms with van der Waals surface area (Å²) in [6.45, 7) is 2.51. The van der Waals surface area contributed by atoms with Gasteiger partial charge >= 0.3 is 5.97 Å². The predicted octanol–water partition coefficient (Wildman–Crippen LogP) is 0.690. The number of hydrogen-bond donors (Lipinski definition) is 3. The summed E-state index contributed by atoms with van der Waals surface area (Å²) in [5.74, 6) is 6.99. The number of rotatable bonds is 7. The number of carbonyl (C=O) groups excluding carboxylic acids is 1. The van der Waals surface area contributed by atoms with Gasteiger partial charge in [0.2, 0.25) is 0 Å². The van der Waals surface area contributed by atoms with E-state index in [0.29, 0.717) is 24.0 Å². The number of ether oxygens (including phenoxy) is 1. The van der Waals surface area contributed by atoms with Crippen LogP contribution in [0.4, 0.5) is 11.6 Å². The van der Waals surface area contributed by atoms with E-state index in [1.165, 1.54) is 7.11 Å². The SMILES string of the molecule is CCCc1nc(NN)cc(NCCC(=O)OC)n1. The Morgan fingerprint density at radius 3 is 2.78 bits per heavy atom. The van der Waals surface area contributed by atoms with Crippen LogP contribution in [0.1, 0.15) is 25.6 Å². The summed E-state index contributed by atoms with van der Waals surface area (Å²) in [6, 6.07) is 1.69. The summed E-state index contributed by atoms with van der Waals surface area (Å²) in [6.07, 6.45) is 2.02. The second-order valence-electron chi connectivity index (χ2n) is 3.70. The average Bonchev–Trinajstić information content (AvgIpc) is 2.38. The van der Waals surface area contributed by atoms with E-state index in [1.54, 1.807) is 6.07 Å². The van der Waals surface area contributed by atoms with Gasteiger partial charge in [0.25, 0.3) is 0 Å². The maximum Gasteiger partial charge on any atom is 0.307 e. The summed E-state index contributed by atoms with van der Waals surface area (Å²) in [5, 5.41) is 3.04. The summed E-state index contributed by atoms with van der Waals surface area (Å²) in [5.41, 5.74) is 2.49. The van der Waals surface area contributed by atoms with E-state index < -0.39 is 0 Å². The fourth-order valence-corrected chi connectivity index (χ4v) is 1.39. The Balaban J connectivity index is 2.63. The Morgan fingerprint density at radius 1 is 1.44 bits per heavy atom. The highest BCUT2D eigenvalue weighted by Crippen LogP contribution is 2.11. The van der Waals surface area contributed by atoms with E-state index in [2.05, 4.69) is 32.4 Å². The fraction of sp³-hybridized carbons (Fsp3) is 0.545. The summed E-state index contributed by atoms with van der Waals surface area (Å²) >= 11 is 0. The Labute approximate surface area is 106 Å². The zero-order valence-electron chi connectivity index (χ0n) is 10.7. The lowest BCUT2D eigenvalue weighted by Gasteiger charge is -2.08. The summed E-state index contributed by atoms with van der Waals surface area (Å²) in [7, 11) is 1.36. The lowest BCUT2D eigenvalue weighted by atomic mass is 10.3. The molecule has 1 aromatic heterocycles. The zero-order valence-corrected chi connectivity index (χ0v) is 10.7. The first-order valence-electron chi connectivity index (χ1n) is 5.84. The second kappa shape index (κ2) is 7.44. The fourth-order valence-electron chi connectivity index (χ4n) is 1.39. The number of aromatic nitrogens is 2. The summed E-state index contributed by atoms with van der Waals surface area (Å²) in [4.78, 5) is 19.5. The van der Waals surface area contributed by atoms with Gasteiger partial charge in [-0.25, -0.2) is 15.8 Å². The van der Waals surface area contributed by atoms with Crippen molar-refractivity contribution in [1.82, 2.24) is 9.97 Å². The van der Waals surface area contributed by atoms with Gasteiger partial charge in [-0.05, 0) is 6.42 Å². The summed E-state index contributed by atoms with van der Waals surface area (Å²) < 4.78 is 4.55. The number of aryl methyl sites for hydroxylation is 1. The Hall–Kier alpha value is -1.89. The molecule has 0 aromatic carbocycles. The van der Waals surface area contributed by atoms with Crippen molar-refractivity contribution < 1.29 is 9.53 Å². The molecule has 7 heteroatoms. The molecule has 0 aliphatic heterocycles. The molecule has 0 aliphatic rings. The van der Waals surface area contributed by atoms with Crippen LogP contribution in [0.25, 0.3) is 0 Å². The highest BCUT2D eigenvalue weighted by Gasteiger charge is 2.04. The molecule has 1 rings (SSSR count). The number of esters is 1. The maximum atomic E-state index is 11.0. The quantitative estimate of drug-likeness (QED) is 0.373. The third-order valence-electron chi connectivity index (χ3n) is 2.26. The Bertz CT molecular complexity index is 397. The number of hydrazine groups is 1. The van der Waals surface area contributed by atoms with E-state index >= 15 is 0 Å². The maximum absolute atomic E-state index is 11.0. The van der Waals surface area contributed by atoms with E-state index in [-0.39, 0.29) is 12.4 Å². The van der Waals surface area contributed by atoms with Crippen LogP contribution < -0.4 is 16.6 Å². The van der Waals surface area contributed by atoms with Gasteiger partial charge in [-0.2, -0.15) is 0 Å². The molecule has 100 valence electrons. The van der Waals surface area contributed by atoms with Crippen molar-refractivity contribution in [1.29, 1.82) is 0 Å². The minimum Gasteiger partial charge on any atom is -0.469 e. The van der Waals surface area contributed by atoms with Crippen molar-refractivity contribution in [3.05, 3.63) is 11.9 Å². The van der Waals surface area contributed by atoms with Crippen molar-refractivity contribution in [2.75, 3.05) is 24.4 Å². The highest BCUT2D eigenvalue weighted by molar-refractivity contribution is 5.69. The lowest BCUT2D eigenvalue weighted by molar-refractivity contribution is -0.140. The first kappa shape index (κ1) is 14.2. The van der Waals surface area contributed by atoms with Crippen LogP contribution in [-0.2, 0) is 16.0 Å². The molecule has 0 fully saturated rings. The van der Waals surface area contributed by atoms with Crippen LogP contribution in [0.15, 0.2) is 6.07 Å². The van der Waals surface area contributed by atoms with E-state index in [4.69, 9.17) is 5.84 Å². The number of carbonyl (C=O) groups is 1. The van der Waals surface area contributed by atoms with Gasteiger partial charge in [-0.3, -0.25) is 4.79 Å². The van der Waals surface area contributed by atoms with Crippen molar-refractivity contribution in [2.24, 2.45) is 5.84 Å². The van der Waals surface area contributed by atoms with E-state index in [1.807, 2.05) is 0 Å². The second-order valence-corrected chi connectivity index (χ2v) is 3.70. The molecule has 7 nitrogen and oxygen atoms in total. The molecule has 4 N–H and O–H groups in total. The molecule has 1 heterocycles. The van der Waals surface area contributed by atoms with Gasteiger partial charge in [0, 0.05) is 19.0 Å². The Kier molecular flexibility index (Phi) is 5.86. The molecule has 0 unspecified atom stereocenters. The average molecular weight is 253 g/mol. The number of hydrogen-bond acceptors (Lipinski definition) is 7. The van der Waals surface area contributed by atoms with Crippen LogP contribution in [0.5, 0.6) is 0 Å². The molecule has 0 saturated carbocycles. The number of nitrogen functional groups attached to an aromatic ring is 1. The largest absolute Gasteiger partial charge is 0.469 e. The molecule has 0 atom stereocenters. The van der Waals surface area contributed by atoms with Crippen LogP contribution in [0.3, 0.4) is 0 Å². The zero-order chi connectivity index (χ0) is 13.4. The molecule has 0 aliphatic carbocycles. The minimum absolute atomic E-state index is 0.262. The van der Waals surface area contributed by atoms with Crippen molar-refractivity contribution in [3.63, 3.8) is 0 Å². The number of methoxy groups -OCH3 is 1.